The van der Waals surface area contributed by atoms with E-state index in [-0.39, 0.29) is 11.8 Å². The molecule has 0 aliphatic rings. The number of halogens is 1. The van der Waals surface area contributed by atoms with Crippen molar-refractivity contribution >= 4 is 27.5 Å². The maximum absolute atomic E-state index is 12.7. The van der Waals surface area contributed by atoms with E-state index in [0.29, 0.717) is 11.4 Å². The molecule has 24 heavy (non-hydrogen) atoms. The molecule has 0 fully saturated rings. The molecule has 0 radical (unpaired) electrons. The van der Waals surface area contributed by atoms with E-state index < -0.39 is 0 Å². The number of nitrogens with zero attached hydrogens (tertiary/aromatic N) is 3. The number of hydrogen-bond acceptors (Lipinski definition) is 3. The summed E-state index contributed by atoms with van der Waals surface area (Å²) in [6, 6.07) is 13.1. The van der Waals surface area contributed by atoms with Crippen LogP contribution in [0.15, 0.2) is 59.3 Å². The molecule has 0 unspecified atom stereocenters. The molecule has 3 rings (SSSR count). The van der Waals surface area contributed by atoms with Crippen LogP contribution in [0.5, 0.6) is 0 Å². The number of aromatic nitrogens is 3. The summed E-state index contributed by atoms with van der Waals surface area (Å²) in [6.45, 7) is 4.07. The maximum atomic E-state index is 12.7. The van der Waals surface area contributed by atoms with E-state index in [2.05, 4.69) is 31.3 Å². The van der Waals surface area contributed by atoms with Crippen LogP contribution >= 0.6 is 15.9 Å². The molecule has 0 saturated carbocycles. The van der Waals surface area contributed by atoms with Gasteiger partial charge in [0.25, 0.3) is 5.91 Å². The number of rotatable bonds is 4. The van der Waals surface area contributed by atoms with Crippen LogP contribution in [0.4, 0.5) is 5.69 Å². The van der Waals surface area contributed by atoms with Crippen molar-refractivity contribution in [3.05, 3.63) is 70.6 Å². The quantitative estimate of drug-likeness (QED) is 0.724. The minimum atomic E-state index is -0.181. The van der Waals surface area contributed by atoms with E-state index in [1.807, 2.05) is 56.3 Å². The van der Waals surface area contributed by atoms with Crippen LogP contribution in [0.2, 0.25) is 0 Å². The molecule has 0 saturated heterocycles. The van der Waals surface area contributed by atoms with Gasteiger partial charge in [-0.15, -0.1) is 0 Å². The normalized spacial score (nSPS) is 10.8. The number of nitrogens with one attached hydrogen (secondary N) is 1. The van der Waals surface area contributed by atoms with Crippen LogP contribution in [0.1, 0.15) is 35.8 Å². The van der Waals surface area contributed by atoms with Gasteiger partial charge in [-0.25, -0.2) is 9.67 Å². The van der Waals surface area contributed by atoms with Crippen LogP contribution in [0.3, 0.4) is 0 Å². The van der Waals surface area contributed by atoms with Crippen LogP contribution in [-0.2, 0) is 0 Å². The Balaban J connectivity index is 1.96. The van der Waals surface area contributed by atoms with E-state index in [0.717, 1.165) is 15.9 Å². The summed E-state index contributed by atoms with van der Waals surface area (Å²) in [5, 5.41) is 7.29. The molecule has 2 aromatic heterocycles. The smallest absolute Gasteiger partial charge is 0.259 e. The van der Waals surface area contributed by atoms with Gasteiger partial charge < -0.3 is 5.32 Å². The van der Waals surface area contributed by atoms with Crippen molar-refractivity contribution in [3.63, 3.8) is 0 Å². The molecule has 0 spiro atoms. The Morgan fingerprint density at radius 2 is 2.04 bits per heavy atom. The van der Waals surface area contributed by atoms with Gasteiger partial charge in [-0.2, -0.15) is 5.10 Å². The summed E-state index contributed by atoms with van der Waals surface area (Å²) in [5.74, 6) is 0.638. The van der Waals surface area contributed by atoms with Crippen LogP contribution in [0, 0.1) is 0 Å². The van der Waals surface area contributed by atoms with Crippen molar-refractivity contribution < 1.29 is 4.79 Å². The maximum Gasteiger partial charge on any atom is 0.259 e. The average molecular weight is 385 g/mol. The van der Waals surface area contributed by atoms with Crippen molar-refractivity contribution in [2.45, 2.75) is 19.8 Å². The second-order valence-corrected chi connectivity index (χ2v) is 6.58. The zero-order valence-electron chi connectivity index (χ0n) is 13.4. The van der Waals surface area contributed by atoms with E-state index in [1.54, 1.807) is 17.1 Å². The molecule has 0 bridgehead atoms. The fraction of sp³-hybridized carbons (Fsp3) is 0.167. The second-order valence-electron chi connectivity index (χ2n) is 5.66. The van der Waals surface area contributed by atoms with Gasteiger partial charge in [0.05, 0.1) is 17.5 Å². The molecule has 2 heterocycles. The third-order valence-corrected chi connectivity index (χ3v) is 4.04. The fourth-order valence-electron chi connectivity index (χ4n) is 2.51. The molecule has 0 aliphatic heterocycles. The van der Waals surface area contributed by atoms with E-state index in [4.69, 9.17) is 0 Å². The lowest BCUT2D eigenvalue weighted by molar-refractivity contribution is 0.102. The van der Waals surface area contributed by atoms with Crippen LogP contribution in [0.25, 0.3) is 5.82 Å². The summed E-state index contributed by atoms with van der Waals surface area (Å²) in [6.07, 6.45) is 3.31. The predicted molar refractivity (Wildman–Crippen MR) is 97.5 cm³/mol. The highest BCUT2D eigenvalue weighted by Crippen LogP contribution is 2.24. The molecule has 1 N–H and O–H groups in total. The highest BCUT2D eigenvalue weighted by atomic mass is 79.9. The molecule has 3 aromatic rings. The first-order chi connectivity index (χ1) is 11.6. The molecule has 1 aromatic carbocycles. The summed E-state index contributed by atoms with van der Waals surface area (Å²) in [4.78, 5) is 17.0. The topological polar surface area (TPSA) is 59.8 Å². The zero-order valence-corrected chi connectivity index (χ0v) is 15.0. The summed E-state index contributed by atoms with van der Waals surface area (Å²) in [5.41, 5.74) is 2.12. The number of carbonyl (C=O) groups is 1. The number of anilines is 1. The van der Waals surface area contributed by atoms with Crippen molar-refractivity contribution in [2.24, 2.45) is 0 Å². The molecule has 0 aliphatic carbocycles. The predicted octanol–water partition coefficient (Wildman–Crippen LogP) is 4.41. The van der Waals surface area contributed by atoms with E-state index >= 15 is 0 Å². The Kier molecular flexibility index (Phi) is 4.76. The van der Waals surface area contributed by atoms with Gasteiger partial charge in [-0.05, 0) is 36.2 Å². The second kappa shape index (κ2) is 6.97. The summed E-state index contributed by atoms with van der Waals surface area (Å²) in [7, 11) is 0. The van der Waals surface area contributed by atoms with Crippen LogP contribution < -0.4 is 5.32 Å². The van der Waals surface area contributed by atoms with Gasteiger partial charge in [-0.1, -0.05) is 41.9 Å². The number of carbonyl (C=O) groups excluding carboxylic acids is 1. The van der Waals surface area contributed by atoms with Gasteiger partial charge in [0.15, 0.2) is 5.82 Å². The Morgan fingerprint density at radius 3 is 2.71 bits per heavy atom. The number of benzene rings is 1. The monoisotopic (exact) mass is 384 g/mol. The lowest BCUT2D eigenvalue weighted by atomic mass is 10.1. The average Bonchev–Trinajstić information content (AvgIpc) is 3.01. The van der Waals surface area contributed by atoms with Crippen molar-refractivity contribution in [1.82, 2.24) is 14.8 Å². The first kappa shape index (κ1) is 16.4. The Morgan fingerprint density at radius 1 is 1.21 bits per heavy atom. The third kappa shape index (κ3) is 3.38. The van der Waals surface area contributed by atoms with E-state index in [1.165, 1.54) is 0 Å². The SMILES string of the molecule is CC(C)c1c(C(=O)Nc2cccc(Br)c2)cnn1-c1ccccn1. The molecule has 0 atom stereocenters. The summed E-state index contributed by atoms with van der Waals surface area (Å²) >= 11 is 3.40. The highest BCUT2D eigenvalue weighted by molar-refractivity contribution is 9.10. The molecule has 6 heteroatoms. The summed E-state index contributed by atoms with van der Waals surface area (Å²) < 4.78 is 2.63. The fourth-order valence-corrected chi connectivity index (χ4v) is 2.91. The Labute approximate surface area is 148 Å². The van der Waals surface area contributed by atoms with Gasteiger partial charge in [0.1, 0.15) is 0 Å². The van der Waals surface area contributed by atoms with Crippen LogP contribution in [-0.4, -0.2) is 20.7 Å². The highest BCUT2D eigenvalue weighted by Gasteiger charge is 2.21. The third-order valence-electron chi connectivity index (χ3n) is 3.55. The molecule has 122 valence electrons. The minimum Gasteiger partial charge on any atom is -0.322 e. The van der Waals surface area contributed by atoms with E-state index in [9.17, 15) is 4.79 Å². The Bertz CT molecular complexity index is 858. The van der Waals surface area contributed by atoms with Crippen molar-refractivity contribution in [2.75, 3.05) is 5.32 Å². The number of pyridine rings is 1. The lowest BCUT2D eigenvalue weighted by Gasteiger charge is -2.12. The Hall–Kier alpha value is -2.47. The van der Waals surface area contributed by atoms with Crippen molar-refractivity contribution in [1.29, 1.82) is 0 Å². The molecule has 5 nitrogen and oxygen atoms in total. The van der Waals surface area contributed by atoms with Gasteiger partial charge in [0.2, 0.25) is 0 Å². The molecule has 1 amide bonds. The lowest BCUT2D eigenvalue weighted by Crippen LogP contribution is -2.15. The van der Waals surface area contributed by atoms with Gasteiger partial charge in [-0.3, -0.25) is 4.79 Å². The minimum absolute atomic E-state index is 0.123. The van der Waals surface area contributed by atoms with Gasteiger partial charge >= 0.3 is 0 Å². The number of hydrogen-bond donors (Lipinski definition) is 1. The van der Waals surface area contributed by atoms with Crippen molar-refractivity contribution in [3.8, 4) is 5.82 Å². The number of amides is 1. The largest absolute Gasteiger partial charge is 0.322 e. The standard InChI is InChI=1S/C18H17BrN4O/c1-12(2)17-15(11-21-23(17)16-8-3-4-9-20-16)18(24)22-14-7-5-6-13(19)10-14/h3-12H,1-2H3,(H,22,24). The molecular formula is C18H17BrN4O. The van der Waals surface area contributed by atoms with Gasteiger partial charge in [0, 0.05) is 16.4 Å². The first-order valence-electron chi connectivity index (χ1n) is 7.62. The zero-order chi connectivity index (χ0) is 17.1. The first-order valence-corrected chi connectivity index (χ1v) is 8.42. The molecular weight excluding hydrogens is 368 g/mol.